The lowest BCUT2D eigenvalue weighted by Crippen LogP contribution is -2.29. The molecule has 1 aromatic heterocycles. The third kappa shape index (κ3) is 4.65. The summed E-state index contributed by atoms with van der Waals surface area (Å²) in [7, 11) is 2.06. The third-order valence-corrected chi connectivity index (χ3v) is 5.31. The highest BCUT2D eigenvalue weighted by Gasteiger charge is 2.16. The molecule has 4 heteroatoms. The molecule has 0 amide bonds. The molecule has 2 atom stereocenters. The van der Waals surface area contributed by atoms with Crippen molar-refractivity contribution in [2.75, 3.05) is 13.7 Å². The molecule has 0 spiro atoms. The van der Waals surface area contributed by atoms with Gasteiger partial charge in [-0.1, -0.05) is 0 Å². The van der Waals surface area contributed by atoms with Gasteiger partial charge in [0, 0.05) is 27.4 Å². The molecule has 1 aliphatic heterocycles. The first kappa shape index (κ1) is 14.5. The quantitative estimate of drug-likeness (QED) is 0.850. The molecule has 1 fully saturated rings. The number of halogens is 1. The summed E-state index contributed by atoms with van der Waals surface area (Å²) in [5, 5.41) is 5.59. The number of likely N-dealkylation sites (N-methyl/N-ethyl adjacent to an activating group) is 1. The maximum Gasteiger partial charge on any atom is 0.0575 e. The number of rotatable bonds is 6. The number of ether oxygens (including phenoxy) is 1. The van der Waals surface area contributed by atoms with Crippen LogP contribution in [0.5, 0.6) is 0 Å². The van der Waals surface area contributed by atoms with Crippen molar-refractivity contribution >= 4 is 27.3 Å². The fourth-order valence-corrected chi connectivity index (χ4v) is 4.01. The van der Waals surface area contributed by atoms with Crippen molar-refractivity contribution in [1.82, 2.24) is 5.32 Å². The Hall–Kier alpha value is 0.1000. The van der Waals surface area contributed by atoms with Gasteiger partial charge in [0.25, 0.3) is 0 Å². The van der Waals surface area contributed by atoms with E-state index < -0.39 is 0 Å². The maximum atomic E-state index is 5.79. The second-order valence-electron chi connectivity index (χ2n) is 4.99. The van der Waals surface area contributed by atoms with Crippen LogP contribution in [-0.2, 0) is 11.2 Å². The maximum absolute atomic E-state index is 5.79. The van der Waals surface area contributed by atoms with Gasteiger partial charge in [0.1, 0.15) is 0 Å². The van der Waals surface area contributed by atoms with E-state index in [9.17, 15) is 0 Å². The molecule has 0 aliphatic carbocycles. The van der Waals surface area contributed by atoms with Crippen LogP contribution in [0.25, 0.3) is 0 Å². The molecular formula is C14H22BrNOS. The van der Waals surface area contributed by atoms with Crippen molar-refractivity contribution in [3.05, 3.63) is 20.8 Å². The summed E-state index contributed by atoms with van der Waals surface area (Å²) in [4.78, 5) is 1.45. The first-order valence-corrected chi connectivity index (χ1v) is 8.47. The van der Waals surface area contributed by atoms with Gasteiger partial charge < -0.3 is 10.1 Å². The van der Waals surface area contributed by atoms with Crippen LogP contribution in [-0.4, -0.2) is 25.8 Å². The van der Waals surface area contributed by atoms with Crippen molar-refractivity contribution in [3.63, 3.8) is 0 Å². The Bertz CT molecular complexity index is 349. The highest BCUT2D eigenvalue weighted by atomic mass is 79.9. The average Bonchev–Trinajstić information content (AvgIpc) is 2.81. The van der Waals surface area contributed by atoms with E-state index >= 15 is 0 Å². The second kappa shape index (κ2) is 7.63. The summed E-state index contributed by atoms with van der Waals surface area (Å²) in [5.74, 6) is 0. The van der Waals surface area contributed by atoms with Gasteiger partial charge in [0.2, 0.25) is 0 Å². The number of thiophene rings is 1. The van der Waals surface area contributed by atoms with Gasteiger partial charge in [-0.15, -0.1) is 11.3 Å². The van der Waals surface area contributed by atoms with Crippen molar-refractivity contribution < 1.29 is 4.74 Å². The summed E-state index contributed by atoms with van der Waals surface area (Å²) in [5.41, 5.74) is 0. The molecule has 1 aliphatic rings. The summed E-state index contributed by atoms with van der Waals surface area (Å²) in [6.45, 7) is 0.965. The van der Waals surface area contributed by atoms with Crippen LogP contribution in [0.2, 0.25) is 0 Å². The van der Waals surface area contributed by atoms with Gasteiger partial charge in [-0.2, -0.15) is 0 Å². The van der Waals surface area contributed by atoms with E-state index in [1.807, 2.05) is 11.3 Å². The van der Waals surface area contributed by atoms with E-state index in [0.29, 0.717) is 12.1 Å². The van der Waals surface area contributed by atoms with Crippen molar-refractivity contribution in [2.24, 2.45) is 0 Å². The Morgan fingerprint density at radius 2 is 2.44 bits per heavy atom. The van der Waals surface area contributed by atoms with E-state index in [2.05, 4.69) is 39.7 Å². The fourth-order valence-electron chi connectivity index (χ4n) is 2.47. The predicted octanol–water partition coefficient (Wildman–Crippen LogP) is 3.99. The Balaban J connectivity index is 1.74. The van der Waals surface area contributed by atoms with Gasteiger partial charge >= 0.3 is 0 Å². The minimum atomic E-state index is 0.504. The molecule has 2 nitrogen and oxygen atoms in total. The Morgan fingerprint density at radius 1 is 1.56 bits per heavy atom. The van der Waals surface area contributed by atoms with E-state index in [4.69, 9.17) is 4.74 Å². The lowest BCUT2D eigenvalue weighted by atomic mass is 10.00. The highest BCUT2D eigenvalue weighted by molar-refractivity contribution is 9.10. The van der Waals surface area contributed by atoms with Crippen LogP contribution in [0.15, 0.2) is 15.9 Å². The largest absolute Gasteiger partial charge is 0.378 e. The van der Waals surface area contributed by atoms with Crippen LogP contribution in [0.3, 0.4) is 0 Å². The standard InChI is InChI=1S/C14H22BrNOS/c1-16-12(9-14-8-11(15)10-18-14)5-6-13-4-2-3-7-17-13/h8,10,12-13,16H,2-7,9H2,1H3. The molecule has 0 saturated carbocycles. The van der Waals surface area contributed by atoms with Crippen LogP contribution in [0.1, 0.15) is 37.0 Å². The zero-order valence-corrected chi connectivity index (χ0v) is 13.4. The second-order valence-corrected chi connectivity index (χ2v) is 6.90. The van der Waals surface area contributed by atoms with E-state index in [1.54, 1.807) is 0 Å². The molecule has 2 heterocycles. The van der Waals surface area contributed by atoms with Crippen LogP contribution >= 0.6 is 27.3 Å². The molecule has 1 N–H and O–H groups in total. The lowest BCUT2D eigenvalue weighted by Gasteiger charge is -2.24. The molecule has 2 unspecified atom stereocenters. The lowest BCUT2D eigenvalue weighted by molar-refractivity contribution is 0.00871. The van der Waals surface area contributed by atoms with E-state index in [0.717, 1.165) is 13.0 Å². The topological polar surface area (TPSA) is 21.3 Å². The molecule has 2 rings (SSSR count). The minimum absolute atomic E-state index is 0.504. The summed E-state index contributed by atoms with van der Waals surface area (Å²) in [6.07, 6.45) is 7.86. The highest BCUT2D eigenvalue weighted by Crippen LogP contribution is 2.23. The SMILES string of the molecule is CNC(CCC1CCCCO1)Cc1cc(Br)cs1. The molecular weight excluding hydrogens is 310 g/mol. The molecule has 0 radical (unpaired) electrons. The third-order valence-electron chi connectivity index (χ3n) is 3.59. The number of hydrogen-bond acceptors (Lipinski definition) is 3. The zero-order valence-electron chi connectivity index (χ0n) is 11.0. The molecule has 18 heavy (non-hydrogen) atoms. The Morgan fingerprint density at radius 3 is 3.06 bits per heavy atom. The molecule has 0 bridgehead atoms. The fraction of sp³-hybridized carbons (Fsp3) is 0.714. The van der Waals surface area contributed by atoms with Crippen molar-refractivity contribution in [2.45, 2.75) is 50.7 Å². The van der Waals surface area contributed by atoms with Gasteiger partial charge in [-0.25, -0.2) is 0 Å². The van der Waals surface area contributed by atoms with Gasteiger partial charge in [0.15, 0.2) is 0 Å². The van der Waals surface area contributed by atoms with Crippen LogP contribution < -0.4 is 5.32 Å². The van der Waals surface area contributed by atoms with E-state index in [1.165, 1.54) is 41.5 Å². The molecule has 1 saturated heterocycles. The van der Waals surface area contributed by atoms with Gasteiger partial charge in [-0.3, -0.25) is 0 Å². The first-order chi connectivity index (χ1) is 8.78. The number of nitrogens with one attached hydrogen (secondary N) is 1. The normalized spacial score (nSPS) is 22.0. The van der Waals surface area contributed by atoms with E-state index in [-0.39, 0.29) is 0 Å². The van der Waals surface area contributed by atoms with Crippen LogP contribution in [0, 0.1) is 0 Å². The van der Waals surface area contributed by atoms with Crippen molar-refractivity contribution in [1.29, 1.82) is 0 Å². The summed E-state index contributed by atoms with van der Waals surface area (Å²) < 4.78 is 7.00. The predicted molar refractivity (Wildman–Crippen MR) is 81.4 cm³/mol. The molecule has 1 aromatic rings. The summed E-state index contributed by atoms with van der Waals surface area (Å²) >= 11 is 5.35. The Labute approximate surface area is 122 Å². The average molecular weight is 332 g/mol. The van der Waals surface area contributed by atoms with Crippen LogP contribution in [0.4, 0.5) is 0 Å². The smallest absolute Gasteiger partial charge is 0.0575 e. The molecule has 0 aromatic carbocycles. The number of hydrogen-bond donors (Lipinski definition) is 1. The van der Waals surface area contributed by atoms with Gasteiger partial charge in [-0.05, 0) is 67.6 Å². The zero-order chi connectivity index (χ0) is 12.8. The Kier molecular flexibility index (Phi) is 6.15. The van der Waals surface area contributed by atoms with Gasteiger partial charge in [0.05, 0.1) is 6.10 Å². The first-order valence-electron chi connectivity index (χ1n) is 6.79. The minimum Gasteiger partial charge on any atom is -0.378 e. The monoisotopic (exact) mass is 331 g/mol. The van der Waals surface area contributed by atoms with Crippen molar-refractivity contribution in [3.8, 4) is 0 Å². The molecule has 102 valence electrons. The summed E-state index contributed by atoms with van der Waals surface area (Å²) in [6, 6.07) is 2.80.